The monoisotopic (exact) mass is 393 g/mol. The number of rotatable bonds is 4. The number of hydrogen-bond donors (Lipinski definition) is 0. The summed E-state index contributed by atoms with van der Waals surface area (Å²) in [6.45, 7) is 0. The molecule has 28 heavy (non-hydrogen) atoms. The molecule has 2 aromatic heterocycles. The molecule has 138 valence electrons. The van der Waals surface area contributed by atoms with Crippen LogP contribution in [0.5, 0.6) is 5.75 Å². The van der Waals surface area contributed by atoms with Crippen LogP contribution in [0.1, 0.15) is 5.56 Å². The summed E-state index contributed by atoms with van der Waals surface area (Å²) in [6.07, 6.45) is 2.89. The lowest BCUT2D eigenvalue weighted by Gasteiger charge is -2.10. The molecule has 0 fully saturated rings. The predicted molar refractivity (Wildman–Crippen MR) is 102 cm³/mol. The molecular weight excluding hydrogens is 384 g/mol. The van der Waals surface area contributed by atoms with Crippen molar-refractivity contribution in [3.05, 3.63) is 75.4 Å². The van der Waals surface area contributed by atoms with Gasteiger partial charge < -0.3 is 9.52 Å². The van der Waals surface area contributed by atoms with Gasteiger partial charge in [0, 0.05) is 29.1 Å². The third-order valence-electron chi connectivity index (χ3n) is 3.89. The first-order chi connectivity index (χ1) is 13.5. The van der Waals surface area contributed by atoms with Gasteiger partial charge in [0.15, 0.2) is 11.2 Å². The number of nitrogens with zero attached hydrogens (tertiary/aromatic N) is 4. The summed E-state index contributed by atoms with van der Waals surface area (Å²) >= 11 is 5.84. The maximum Gasteiger partial charge on any atom is 0.263 e. The molecule has 8 nitrogen and oxygen atoms in total. The molecule has 0 bridgehead atoms. The first kappa shape index (κ1) is 17.6. The number of pyridine rings is 1. The minimum atomic E-state index is -0.768. The van der Waals surface area contributed by atoms with Gasteiger partial charge in [-0.1, -0.05) is 11.6 Å². The second kappa shape index (κ2) is 7.09. The van der Waals surface area contributed by atoms with Crippen molar-refractivity contribution in [2.75, 3.05) is 0 Å². The van der Waals surface area contributed by atoms with Crippen LogP contribution in [0.15, 0.2) is 64.1 Å². The van der Waals surface area contributed by atoms with Gasteiger partial charge in [0.2, 0.25) is 5.89 Å². The number of halogens is 1. The Bertz CT molecular complexity index is 1190. The van der Waals surface area contributed by atoms with Crippen LogP contribution < -0.4 is 5.11 Å². The lowest BCUT2D eigenvalue weighted by atomic mass is 10.2. The summed E-state index contributed by atoms with van der Waals surface area (Å²) in [4.78, 5) is 22.8. The Morgan fingerprint density at radius 2 is 1.96 bits per heavy atom. The van der Waals surface area contributed by atoms with Gasteiger partial charge in [-0.05, 0) is 53.8 Å². The number of aliphatic imine (C=N–C) groups is 1. The summed E-state index contributed by atoms with van der Waals surface area (Å²) in [5, 5.41) is 23.1. The van der Waals surface area contributed by atoms with Crippen molar-refractivity contribution in [1.29, 1.82) is 0 Å². The normalized spacial score (nSPS) is 11.3. The molecule has 0 aliphatic heterocycles. The zero-order chi connectivity index (χ0) is 19.7. The van der Waals surface area contributed by atoms with E-state index in [1.807, 2.05) is 0 Å². The first-order valence-corrected chi connectivity index (χ1v) is 8.40. The van der Waals surface area contributed by atoms with E-state index in [0.29, 0.717) is 22.8 Å². The van der Waals surface area contributed by atoms with Crippen molar-refractivity contribution < 1.29 is 14.4 Å². The lowest BCUT2D eigenvalue weighted by molar-refractivity contribution is -0.398. The number of benzene rings is 2. The van der Waals surface area contributed by atoms with Crippen molar-refractivity contribution in [3.63, 3.8) is 0 Å². The summed E-state index contributed by atoms with van der Waals surface area (Å²) in [5.41, 5.74) is 1.83. The maximum atomic E-state index is 12.1. The van der Waals surface area contributed by atoms with Crippen molar-refractivity contribution in [2.24, 2.45) is 4.99 Å². The quantitative estimate of drug-likeness (QED) is 0.290. The summed E-state index contributed by atoms with van der Waals surface area (Å²) in [5.74, 6) is -0.315. The lowest BCUT2D eigenvalue weighted by Crippen LogP contribution is -2.02. The van der Waals surface area contributed by atoms with Gasteiger partial charge in [0.1, 0.15) is 0 Å². The Labute approximate surface area is 162 Å². The molecule has 0 amide bonds. The van der Waals surface area contributed by atoms with Crippen molar-refractivity contribution in [3.8, 4) is 17.2 Å². The van der Waals surface area contributed by atoms with Crippen LogP contribution in [0, 0.1) is 10.1 Å². The van der Waals surface area contributed by atoms with Gasteiger partial charge in [-0.15, -0.1) is 0 Å². The molecule has 0 atom stereocenters. The Morgan fingerprint density at radius 1 is 1.18 bits per heavy atom. The van der Waals surface area contributed by atoms with Crippen molar-refractivity contribution >= 4 is 40.4 Å². The van der Waals surface area contributed by atoms with E-state index in [1.54, 1.807) is 42.6 Å². The van der Waals surface area contributed by atoms with E-state index in [4.69, 9.17) is 16.0 Å². The molecule has 0 aliphatic rings. The van der Waals surface area contributed by atoms with Gasteiger partial charge in [-0.3, -0.25) is 15.1 Å². The van der Waals surface area contributed by atoms with E-state index in [-0.39, 0.29) is 10.6 Å². The van der Waals surface area contributed by atoms with E-state index in [1.165, 1.54) is 12.3 Å². The average molecular weight is 394 g/mol. The number of nitro groups is 1. The topological polar surface area (TPSA) is 117 Å². The Kier molecular flexibility index (Phi) is 4.46. The van der Waals surface area contributed by atoms with Crippen molar-refractivity contribution in [1.82, 2.24) is 9.97 Å². The van der Waals surface area contributed by atoms with Crippen LogP contribution in [0.3, 0.4) is 0 Å². The average Bonchev–Trinajstić information content (AvgIpc) is 3.13. The number of fused-ring (bicyclic) bond motifs is 1. The summed E-state index contributed by atoms with van der Waals surface area (Å²) in [6, 6.07) is 12.8. The number of nitro benzene ring substituents is 1. The minimum absolute atomic E-state index is 0.0355. The van der Waals surface area contributed by atoms with E-state index in [2.05, 4.69) is 15.0 Å². The fraction of sp³-hybridized carbons (Fsp3) is 0. The molecule has 2 aromatic carbocycles. The van der Waals surface area contributed by atoms with Crippen LogP contribution >= 0.6 is 11.6 Å². The second-order valence-electron chi connectivity index (χ2n) is 5.75. The van der Waals surface area contributed by atoms with Gasteiger partial charge in [0.25, 0.3) is 5.69 Å². The fourth-order valence-electron chi connectivity index (χ4n) is 2.56. The van der Waals surface area contributed by atoms with E-state index in [9.17, 15) is 15.2 Å². The zero-order valence-corrected chi connectivity index (χ0v) is 14.8. The van der Waals surface area contributed by atoms with Crippen LogP contribution in [-0.2, 0) is 0 Å². The Balaban J connectivity index is 1.60. The molecule has 0 aliphatic carbocycles. The van der Waals surface area contributed by atoms with Gasteiger partial charge in [-0.2, -0.15) is 4.98 Å². The highest BCUT2D eigenvalue weighted by atomic mass is 35.5. The third kappa shape index (κ3) is 3.40. The highest BCUT2D eigenvalue weighted by Crippen LogP contribution is 2.30. The maximum absolute atomic E-state index is 12.1. The molecule has 0 radical (unpaired) electrons. The number of hydrogen-bond acceptors (Lipinski definition) is 7. The third-order valence-corrected chi connectivity index (χ3v) is 4.11. The number of oxazole rings is 1. The van der Waals surface area contributed by atoms with Crippen molar-refractivity contribution in [2.45, 2.75) is 0 Å². The van der Waals surface area contributed by atoms with Gasteiger partial charge in [-0.25, -0.2) is 4.98 Å². The van der Waals surface area contributed by atoms with Crippen LogP contribution in [-0.4, -0.2) is 21.1 Å². The number of aromatic nitrogens is 2. The molecule has 4 aromatic rings. The highest BCUT2D eigenvalue weighted by Gasteiger charge is 2.11. The fourth-order valence-corrected chi connectivity index (χ4v) is 2.78. The molecular formula is C19H10ClN4O4-. The summed E-state index contributed by atoms with van der Waals surface area (Å²) < 4.78 is 5.66. The van der Waals surface area contributed by atoms with Gasteiger partial charge >= 0.3 is 0 Å². The standard InChI is InChI=1S/C19H11ClN4O4/c20-13-8-12(17(25)15(9-13)24(26)27)10-22-14-5-3-11(4-6-14)19-23-18-16(28-19)2-1-7-21-18/h1-10,25H/p-1. The van der Waals surface area contributed by atoms with Gasteiger partial charge in [0.05, 0.1) is 10.6 Å². The second-order valence-corrected chi connectivity index (χ2v) is 6.19. The molecule has 4 rings (SSSR count). The van der Waals surface area contributed by atoms with Crippen LogP contribution in [0.2, 0.25) is 5.02 Å². The molecule has 0 unspecified atom stereocenters. The molecule has 0 N–H and O–H groups in total. The van der Waals surface area contributed by atoms with E-state index < -0.39 is 16.4 Å². The van der Waals surface area contributed by atoms with E-state index >= 15 is 0 Å². The molecule has 0 saturated carbocycles. The minimum Gasteiger partial charge on any atom is -0.867 e. The highest BCUT2D eigenvalue weighted by molar-refractivity contribution is 6.31. The summed E-state index contributed by atoms with van der Waals surface area (Å²) in [7, 11) is 0. The van der Waals surface area contributed by atoms with E-state index in [0.717, 1.165) is 11.6 Å². The largest absolute Gasteiger partial charge is 0.867 e. The smallest absolute Gasteiger partial charge is 0.263 e. The molecule has 0 spiro atoms. The van der Waals surface area contributed by atoms with Crippen LogP contribution in [0.4, 0.5) is 11.4 Å². The molecule has 9 heteroatoms. The Hall–Kier alpha value is -3.78. The van der Waals surface area contributed by atoms with Crippen LogP contribution in [0.25, 0.3) is 22.7 Å². The molecule has 2 heterocycles. The Morgan fingerprint density at radius 3 is 2.68 bits per heavy atom. The first-order valence-electron chi connectivity index (χ1n) is 8.02. The molecule has 0 saturated heterocycles. The SMILES string of the molecule is O=[N+]([O-])c1cc(Cl)cc(C=Nc2ccc(-c3nc4ncccc4o3)cc2)c1[O-]. The predicted octanol–water partition coefficient (Wildman–Crippen LogP) is 4.28. The zero-order valence-electron chi connectivity index (χ0n) is 14.1.